The van der Waals surface area contributed by atoms with Gasteiger partial charge >= 0.3 is 5.76 Å². The molecule has 4 aromatic rings. The average molecular weight is 341 g/mol. The Kier molecular flexibility index (Phi) is 3.46. The number of nitrogens with zero attached hydrogens (tertiary/aromatic N) is 4. The van der Waals surface area contributed by atoms with Gasteiger partial charge in [0.05, 0.1) is 12.1 Å². The minimum absolute atomic E-state index is 0.368. The molecule has 0 fully saturated rings. The van der Waals surface area contributed by atoms with Crippen molar-refractivity contribution < 1.29 is 4.42 Å². The van der Waals surface area contributed by atoms with Crippen LogP contribution in [0.25, 0.3) is 22.5 Å². The third kappa shape index (κ3) is 2.61. The normalized spacial score (nSPS) is 11.2. The number of aromatic nitrogens is 4. The summed E-state index contributed by atoms with van der Waals surface area (Å²) < 4.78 is 8.38. The zero-order chi connectivity index (χ0) is 16.7. The molecule has 24 heavy (non-hydrogen) atoms. The lowest BCUT2D eigenvalue weighted by Gasteiger charge is -2.02. The molecule has 0 N–H and O–H groups in total. The average Bonchev–Trinajstić information content (AvgIpc) is 3.14. The lowest BCUT2D eigenvalue weighted by molar-refractivity contribution is 0.528. The summed E-state index contributed by atoms with van der Waals surface area (Å²) >= 11 is 5.90. The van der Waals surface area contributed by atoms with E-state index in [9.17, 15) is 4.79 Å². The van der Waals surface area contributed by atoms with E-state index in [-0.39, 0.29) is 5.76 Å². The van der Waals surface area contributed by atoms with Crippen LogP contribution in [0, 0.1) is 0 Å². The Bertz CT molecular complexity index is 1080. The molecule has 7 heteroatoms. The summed E-state index contributed by atoms with van der Waals surface area (Å²) in [7, 11) is 1.69. The molecular weight excluding hydrogens is 328 g/mol. The van der Waals surface area contributed by atoms with Crippen LogP contribution in [0.4, 0.5) is 0 Å². The highest BCUT2D eigenvalue weighted by Gasteiger charge is 2.08. The predicted molar refractivity (Wildman–Crippen MR) is 91.0 cm³/mol. The van der Waals surface area contributed by atoms with E-state index in [4.69, 9.17) is 16.0 Å². The van der Waals surface area contributed by atoms with Crippen molar-refractivity contribution in [2.24, 2.45) is 7.05 Å². The van der Waals surface area contributed by atoms with Gasteiger partial charge in [-0.3, -0.25) is 4.57 Å². The fourth-order valence-electron chi connectivity index (χ4n) is 2.56. The van der Waals surface area contributed by atoms with Crippen molar-refractivity contribution >= 4 is 22.7 Å². The van der Waals surface area contributed by atoms with Crippen LogP contribution in [0.15, 0.2) is 58.0 Å². The molecule has 0 amide bonds. The van der Waals surface area contributed by atoms with Gasteiger partial charge in [0, 0.05) is 17.6 Å². The second kappa shape index (κ2) is 5.65. The first-order valence-corrected chi connectivity index (χ1v) is 7.72. The number of halogens is 1. The SMILES string of the molecule is Cn1c(=O)oc2ccc(Cn3cnc(-c4ccc(Cl)cc4)n3)cc21. The van der Waals surface area contributed by atoms with Gasteiger partial charge in [-0.1, -0.05) is 17.7 Å². The Morgan fingerprint density at radius 2 is 1.96 bits per heavy atom. The molecule has 2 heterocycles. The molecule has 0 aliphatic carbocycles. The van der Waals surface area contributed by atoms with Crippen LogP contribution in [0.5, 0.6) is 0 Å². The highest BCUT2D eigenvalue weighted by Crippen LogP contribution is 2.18. The van der Waals surface area contributed by atoms with Crippen LogP contribution >= 0.6 is 11.6 Å². The summed E-state index contributed by atoms with van der Waals surface area (Å²) in [6.45, 7) is 0.551. The summed E-state index contributed by atoms with van der Waals surface area (Å²) in [5, 5.41) is 5.16. The smallest absolute Gasteiger partial charge is 0.408 e. The first kappa shape index (κ1) is 14.7. The maximum absolute atomic E-state index is 11.6. The van der Waals surface area contributed by atoms with Gasteiger partial charge in [-0.05, 0) is 42.0 Å². The van der Waals surface area contributed by atoms with Gasteiger partial charge in [-0.15, -0.1) is 0 Å². The van der Waals surface area contributed by atoms with E-state index in [2.05, 4.69) is 10.1 Å². The minimum atomic E-state index is -0.368. The van der Waals surface area contributed by atoms with Gasteiger partial charge < -0.3 is 4.42 Å². The topological polar surface area (TPSA) is 65.8 Å². The Balaban J connectivity index is 1.63. The number of hydrogen-bond donors (Lipinski definition) is 0. The lowest BCUT2D eigenvalue weighted by Crippen LogP contribution is -2.08. The Hall–Kier alpha value is -2.86. The molecule has 4 rings (SSSR count). The van der Waals surface area contributed by atoms with Crippen molar-refractivity contribution in [2.75, 3.05) is 0 Å². The molecule has 0 saturated carbocycles. The molecule has 0 bridgehead atoms. The standard InChI is InChI=1S/C17H13ClN4O2/c1-21-14-8-11(2-7-15(14)24-17(21)23)9-22-10-19-16(20-22)12-3-5-13(18)6-4-12/h2-8,10H,9H2,1H3. The van der Waals surface area contributed by atoms with Crippen LogP contribution in [-0.4, -0.2) is 19.3 Å². The molecule has 0 radical (unpaired) electrons. The molecule has 0 aliphatic rings. The molecule has 0 saturated heterocycles. The van der Waals surface area contributed by atoms with Crippen molar-refractivity contribution in [2.45, 2.75) is 6.54 Å². The molecule has 0 unspecified atom stereocenters. The van der Waals surface area contributed by atoms with Gasteiger partial charge in [-0.25, -0.2) is 14.5 Å². The van der Waals surface area contributed by atoms with Crippen molar-refractivity contribution in [3.8, 4) is 11.4 Å². The molecule has 0 aliphatic heterocycles. The van der Waals surface area contributed by atoms with Crippen LogP contribution in [-0.2, 0) is 13.6 Å². The van der Waals surface area contributed by atoms with E-state index in [1.165, 1.54) is 4.57 Å². The molecular formula is C17H13ClN4O2. The van der Waals surface area contributed by atoms with Gasteiger partial charge in [-0.2, -0.15) is 5.10 Å². The Labute approximate surface area is 141 Å². The quantitative estimate of drug-likeness (QED) is 0.575. The summed E-state index contributed by atoms with van der Waals surface area (Å²) in [6, 6.07) is 13.0. The number of benzene rings is 2. The number of oxazole rings is 1. The molecule has 2 aromatic heterocycles. The van der Waals surface area contributed by atoms with E-state index in [0.29, 0.717) is 23.0 Å². The number of rotatable bonds is 3. The summed E-state index contributed by atoms with van der Waals surface area (Å²) in [5.74, 6) is 0.274. The zero-order valence-electron chi connectivity index (χ0n) is 12.8. The van der Waals surface area contributed by atoms with Gasteiger partial charge in [0.1, 0.15) is 6.33 Å². The summed E-state index contributed by atoms with van der Waals surface area (Å²) in [4.78, 5) is 15.9. The van der Waals surface area contributed by atoms with Crippen LogP contribution in [0.3, 0.4) is 0 Å². The van der Waals surface area contributed by atoms with Gasteiger partial charge in [0.2, 0.25) is 0 Å². The zero-order valence-corrected chi connectivity index (χ0v) is 13.6. The molecule has 0 atom stereocenters. The third-order valence-corrected chi connectivity index (χ3v) is 4.09. The summed E-state index contributed by atoms with van der Waals surface area (Å²) in [6.07, 6.45) is 1.68. The highest BCUT2D eigenvalue weighted by atomic mass is 35.5. The van der Waals surface area contributed by atoms with Crippen LogP contribution in [0.2, 0.25) is 5.02 Å². The molecule has 0 spiro atoms. The van der Waals surface area contributed by atoms with Crippen molar-refractivity contribution in [3.63, 3.8) is 0 Å². The fraction of sp³-hybridized carbons (Fsp3) is 0.118. The van der Waals surface area contributed by atoms with E-state index < -0.39 is 0 Å². The van der Waals surface area contributed by atoms with Crippen LogP contribution in [0.1, 0.15) is 5.56 Å². The van der Waals surface area contributed by atoms with E-state index in [1.807, 2.05) is 36.4 Å². The van der Waals surface area contributed by atoms with Crippen molar-refractivity contribution in [3.05, 3.63) is 69.9 Å². The number of fused-ring (bicyclic) bond motifs is 1. The molecule has 120 valence electrons. The Morgan fingerprint density at radius 3 is 2.75 bits per heavy atom. The van der Waals surface area contributed by atoms with Gasteiger partial charge in [0.25, 0.3) is 0 Å². The van der Waals surface area contributed by atoms with Crippen LogP contribution < -0.4 is 5.76 Å². The largest absolute Gasteiger partial charge is 0.419 e. The summed E-state index contributed by atoms with van der Waals surface area (Å²) in [5.41, 5.74) is 3.25. The van der Waals surface area contributed by atoms with E-state index >= 15 is 0 Å². The predicted octanol–water partition coefficient (Wildman–Crippen LogP) is 3.09. The third-order valence-electron chi connectivity index (χ3n) is 3.84. The first-order valence-electron chi connectivity index (χ1n) is 7.34. The van der Waals surface area contributed by atoms with E-state index in [1.54, 1.807) is 24.1 Å². The number of hydrogen-bond acceptors (Lipinski definition) is 4. The van der Waals surface area contributed by atoms with Crippen molar-refractivity contribution in [1.82, 2.24) is 19.3 Å². The number of aryl methyl sites for hydroxylation is 1. The second-order valence-corrected chi connectivity index (χ2v) is 5.94. The monoisotopic (exact) mass is 340 g/mol. The van der Waals surface area contributed by atoms with Gasteiger partial charge in [0.15, 0.2) is 11.4 Å². The lowest BCUT2D eigenvalue weighted by atomic mass is 10.2. The highest BCUT2D eigenvalue weighted by molar-refractivity contribution is 6.30. The minimum Gasteiger partial charge on any atom is -0.408 e. The Morgan fingerprint density at radius 1 is 1.17 bits per heavy atom. The fourth-order valence-corrected chi connectivity index (χ4v) is 2.69. The second-order valence-electron chi connectivity index (χ2n) is 5.50. The molecule has 6 nitrogen and oxygen atoms in total. The maximum Gasteiger partial charge on any atom is 0.419 e. The first-order chi connectivity index (χ1) is 11.6. The molecule has 2 aromatic carbocycles. The maximum atomic E-state index is 11.6. The van der Waals surface area contributed by atoms with E-state index in [0.717, 1.165) is 16.6 Å². The van der Waals surface area contributed by atoms with Crippen molar-refractivity contribution in [1.29, 1.82) is 0 Å².